The molecule has 0 saturated carbocycles. The smallest absolute Gasteiger partial charge is 0.130 e. The zero-order valence-corrected chi connectivity index (χ0v) is 11.4. The number of hydrogen-bond donors (Lipinski definition) is 2. The molecule has 4 heteroatoms. The van der Waals surface area contributed by atoms with Crippen molar-refractivity contribution in [2.75, 3.05) is 0 Å². The highest BCUT2D eigenvalue weighted by atomic mass is 19.1. The average molecular weight is 277 g/mol. The molecule has 2 N–H and O–H groups in total. The summed E-state index contributed by atoms with van der Waals surface area (Å²) in [5, 5.41) is 13.0. The van der Waals surface area contributed by atoms with Gasteiger partial charge in [0.05, 0.1) is 0 Å². The van der Waals surface area contributed by atoms with Gasteiger partial charge in [0.25, 0.3) is 0 Å². The first kappa shape index (κ1) is 14.5. The van der Waals surface area contributed by atoms with Crippen molar-refractivity contribution in [2.45, 2.75) is 25.9 Å². The van der Waals surface area contributed by atoms with Gasteiger partial charge in [-0.1, -0.05) is 24.3 Å². The van der Waals surface area contributed by atoms with Gasteiger partial charge in [0.15, 0.2) is 0 Å². The standard InChI is InChI=1S/C16H17F2NO/c1-10(13-8-7-12(17)9-15(13)18)19-11(2)14-5-3-4-6-16(14)20/h3-11,19-20H,1-2H3. The van der Waals surface area contributed by atoms with Crippen LogP contribution >= 0.6 is 0 Å². The number of aromatic hydroxyl groups is 1. The normalized spacial score (nSPS) is 14.0. The van der Waals surface area contributed by atoms with E-state index in [4.69, 9.17) is 0 Å². The van der Waals surface area contributed by atoms with Crippen LogP contribution in [-0.2, 0) is 0 Å². The molecule has 0 aromatic heterocycles. The zero-order chi connectivity index (χ0) is 14.7. The van der Waals surface area contributed by atoms with E-state index in [1.165, 1.54) is 12.1 Å². The molecule has 2 atom stereocenters. The van der Waals surface area contributed by atoms with Crippen LogP contribution in [-0.4, -0.2) is 5.11 Å². The van der Waals surface area contributed by atoms with E-state index in [0.717, 1.165) is 11.6 Å². The van der Waals surface area contributed by atoms with Crippen LogP contribution in [0, 0.1) is 11.6 Å². The highest BCUT2D eigenvalue weighted by molar-refractivity contribution is 5.34. The second kappa shape index (κ2) is 6.01. The average Bonchev–Trinajstić information content (AvgIpc) is 2.38. The van der Waals surface area contributed by atoms with Crippen LogP contribution in [0.5, 0.6) is 5.75 Å². The minimum Gasteiger partial charge on any atom is -0.508 e. The van der Waals surface area contributed by atoms with E-state index in [1.54, 1.807) is 25.1 Å². The van der Waals surface area contributed by atoms with Crippen molar-refractivity contribution < 1.29 is 13.9 Å². The number of nitrogens with one attached hydrogen (secondary N) is 1. The van der Waals surface area contributed by atoms with E-state index < -0.39 is 11.6 Å². The Kier molecular flexibility index (Phi) is 4.35. The van der Waals surface area contributed by atoms with Crippen molar-refractivity contribution in [3.8, 4) is 5.75 Å². The molecule has 0 amide bonds. The van der Waals surface area contributed by atoms with Gasteiger partial charge in [0, 0.05) is 29.3 Å². The van der Waals surface area contributed by atoms with Crippen molar-refractivity contribution in [1.82, 2.24) is 5.32 Å². The molecule has 0 aliphatic heterocycles. The molecule has 20 heavy (non-hydrogen) atoms. The van der Waals surface area contributed by atoms with E-state index in [-0.39, 0.29) is 17.8 Å². The molecule has 0 aliphatic carbocycles. The SMILES string of the molecule is CC(NC(C)c1ccc(F)cc1F)c1ccccc1O. The number of hydrogen-bond acceptors (Lipinski definition) is 2. The maximum atomic E-state index is 13.7. The summed E-state index contributed by atoms with van der Waals surface area (Å²) in [5.74, 6) is -0.971. The molecular formula is C16H17F2NO. The first-order valence-electron chi connectivity index (χ1n) is 6.48. The van der Waals surface area contributed by atoms with Gasteiger partial charge >= 0.3 is 0 Å². The summed E-state index contributed by atoms with van der Waals surface area (Å²) in [5.41, 5.74) is 1.13. The number of rotatable bonds is 4. The Morgan fingerprint density at radius 3 is 2.25 bits per heavy atom. The molecule has 2 unspecified atom stereocenters. The van der Waals surface area contributed by atoms with Crippen molar-refractivity contribution in [3.05, 3.63) is 65.2 Å². The molecular weight excluding hydrogens is 260 g/mol. The molecule has 2 aromatic rings. The topological polar surface area (TPSA) is 32.3 Å². The second-order valence-corrected chi connectivity index (χ2v) is 4.83. The molecule has 0 saturated heterocycles. The summed E-state index contributed by atoms with van der Waals surface area (Å²) >= 11 is 0. The van der Waals surface area contributed by atoms with Crippen molar-refractivity contribution in [2.24, 2.45) is 0 Å². The van der Waals surface area contributed by atoms with E-state index in [1.807, 2.05) is 13.0 Å². The molecule has 0 bridgehead atoms. The van der Waals surface area contributed by atoms with Crippen LogP contribution < -0.4 is 5.32 Å². The van der Waals surface area contributed by atoms with Crippen LogP contribution in [0.1, 0.15) is 37.1 Å². The van der Waals surface area contributed by atoms with Gasteiger partial charge in [-0.2, -0.15) is 0 Å². The minimum absolute atomic E-state index is 0.157. The van der Waals surface area contributed by atoms with Crippen LogP contribution in [0.25, 0.3) is 0 Å². The van der Waals surface area contributed by atoms with Crippen molar-refractivity contribution in [3.63, 3.8) is 0 Å². The molecule has 0 spiro atoms. The van der Waals surface area contributed by atoms with Gasteiger partial charge in [-0.15, -0.1) is 0 Å². The molecule has 2 rings (SSSR count). The molecule has 0 fully saturated rings. The maximum absolute atomic E-state index is 13.7. The van der Waals surface area contributed by atoms with E-state index >= 15 is 0 Å². The molecule has 0 radical (unpaired) electrons. The molecule has 2 nitrogen and oxygen atoms in total. The fraction of sp³-hybridized carbons (Fsp3) is 0.250. The summed E-state index contributed by atoms with van der Waals surface area (Å²) in [7, 11) is 0. The van der Waals surface area contributed by atoms with Gasteiger partial charge in [0.2, 0.25) is 0 Å². The van der Waals surface area contributed by atoms with Gasteiger partial charge < -0.3 is 10.4 Å². The Balaban J connectivity index is 2.15. The second-order valence-electron chi connectivity index (χ2n) is 4.83. The van der Waals surface area contributed by atoms with Crippen LogP contribution in [0.2, 0.25) is 0 Å². The monoisotopic (exact) mass is 277 g/mol. The van der Waals surface area contributed by atoms with Crippen LogP contribution in [0.3, 0.4) is 0 Å². The zero-order valence-electron chi connectivity index (χ0n) is 11.4. The maximum Gasteiger partial charge on any atom is 0.130 e. The molecule has 106 valence electrons. The third-order valence-corrected chi connectivity index (χ3v) is 3.33. The Bertz CT molecular complexity index is 601. The lowest BCUT2D eigenvalue weighted by Crippen LogP contribution is -2.23. The van der Waals surface area contributed by atoms with E-state index in [2.05, 4.69) is 5.32 Å². The number of benzene rings is 2. The number of phenols is 1. The van der Waals surface area contributed by atoms with Gasteiger partial charge in [-0.25, -0.2) is 8.78 Å². The lowest BCUT2D eigenvalue weighted by Gasteiger charge is -2.21. The number of phenolic OH excluding ortho intramolecular Hbond substituents is 1. The predicted molar refractivity (Wildman–Crippen MR) is 74.4 cm³/mol. The third-order valence-electron chi connectivity index (χ3n) is 3.33. The Labute approximate surface area is 117 Å². The summed E-state index contributed by atoms with van der Waals surface area (Å²) in [6, 6.07) is 10.1. The summed E-state index contributed by atoms with van der Waals surface area (Å²) < 4.78 is 26.6. The first-order valence-corrected chi connectivity index (χ1v) is 6.48. The van der Waals surface area contributed by atoms with Crippen LogP contribution in [0.4, 0.5) is 8.78 Å². The van der Waals surface area contributed by atoms with E-state index in [9.17, 15) is 13.9 Å². The Morgan fingerprint density at radius 2 is 1.60 bits per heavy atom. The number of halogens is 2. The predicted octanol–water partition coefficient (Wildman–Crippen LogP) is 4.08. The fourth-order valence-electron chi connectivity index (χ4n) is 2.26. The van der Waals surface area contributed by atoms with Gasteiger partial charge in [-0.05, 0) is 26.0 Å². The lowest BCUT2D eigenvalue weighted by atomic mass is 10.0. The van der Waals surface area contributed by atoms with Gasteiger partial charge in [-0.3, -0.25) is 0 Å². The Hall–Kier alpha value is -1.94. The van der Waals surface area contributed by atoms with Crippen LogP contribution in [0.15, 0.2) is 42.5 Å². The summed E-state index contributed by atoms with van der Waals surface area (Å²) in [4.78, 5) is 0. The Morgan fingerprint density at radius 1 is 0.950 bits per heavy atom. The van der Waals surface area contributed by atoms with Crippen molar-refractivity contribution in [1.29, 1.82) is 0 Å². The highest BCUT2D eigenvalue weighted by Crippen LogP contribution is 2.26. The summed E-state index contributed by atoms with van der Waals surface area (Å²) in [6.45, 7) is 3.68. The molecule has 2 aromatic carbocycles. The number of para-hydroxylation sites is 1. The van der Waals surface area contributed by atoms with E-state index in [0.29, 0.717) is 5.56 Å². The lowest BCUT2D eigenvalue weighted by molar-refractivity contribution is 0.432. The molecule has 0 heterocycles. The minimum atomic E-state index is -0.591. The first-order chi connectivity index (χ1) is 9.49. The third kappa shape index (κ3) is 3.14. The molecule has 0 aliphatic rings. The van der Waals surface area contributed by atoms with Gasteiger partial charge in [0.1, 0.15) is 17.4 Å². The quantitative estimate of drug-likeness (QED) is 0.882. The fourth-order valence-corrected chi connectivity index (χ4v) is 2.26. The summed E-state index contributed by atoms with van der Waals surface area (Å²) in [6.07, 6.45) is 0. The largest absolute Gasteiger partial charge is 0.508 e. The van der Waals surface area contributed by atoms with Crippen molar-refractivity contribution >= 4 is 0 Å². The highest BCUT2D eigenvalue weighted by Gasteiger charge is 2.16.